The Bertz CT molecular complexity index is 558. The van der Waals surface area contributed by atoms with E-state index in [2.05, 4.69) is 10.1 Å². The number of pyridine rings is 1. The van der Waals surface area contributed by atoms with Crippen LogP contribution in [-0.2, 0) is 12.6 Å². The molecule has 0 saturated carbocycles. The topological polar surface area (TPSA) is 30.7 Å². The van der Waals surface area contributed by atoms with Crippen LogP contribution in [0.15, 0.2) is 24.4 Å². The van der Waals surface area contributed by atoms with E-state index in [1.807, 2.05) is 6.92 Å². The van der Waals surface area contributed by atoms with Gasteiger partial charge in [0.1, 0.15) is 0 Å². The Morgan fingerprint density at radius 3 is 2.61 bits per heavy atom. The molecule has 0 radical (unpaired) electrons. The molecule has 6 heteroatoms. The molecule has 0 aromatic carbocycles. The van der Waals surface area contributed by atoms with Gasteiger partial charge >= 0.3 is 6.18 Å². The van der Waals surface area contributed by atoms with Crippen molar-refractivity contribution in [2.45, 2.75) is 26.4 Å². The summed E-state index contributed by atoms with van der Waals surface area (Å²) in [4.78, 5) is 4.15. The van der Waals surface area contributed by atoms with Crippen LogP contribution in [0.25, 0.3) is 5.82 Å². The highest BCUT2D eigenvalue weighted by Crippen LogP contribution is 2.32. The number of nitrogens with zero attached hydrogens (tertiary/aromatic N) is 3. The van der Waals surface area contributed by atoms with Gasteiger partial charge in [-0.2, -0.15) is 18.3 Å². The van der Waals surface area contributed by atoms with Crippen LogP contribution < -0.4 is 0 Å². The molecule has 0 aliphatic rings. The summed E-state index contributed by atoms with van der Waals surface area (Å²) in [5.41, 5.74) is 0.0447. The van der Waals surface area contributed by atoms with Crippen LogP contribution in [0.4, 0.5) is 13.2 Å². The van der Waals surface area contributed by atoms with Crippen molar-refractivity contribution in [2.75, 3.05) is 0 Å². The van der Waals surface area contributed by atoms with Crippen molar-refractivity contribution >= 4 is 0 Å². The molecular formula is C12H12F3N3. The van der Waals surface area contributed by atoms with Crippen molar-refractivity contribution in [1.82, 2.24) is 14.8 Å². The van der Waals surface area contributed by atoms with Crippen LogP contribution in [0.1, 0.15) is 23.9 Å². The summed E-state index contributed by atoms with van der Waals surface area (Å²) in [6.07, 6.45) is -2.58. The molecule has 0 saturated heterocycles. The molecule has 18 heavy (non-hydrogen) atoms. The second-order valence-corrected chi connectivity index (χ2v) is 3.93. The van der Waals surface area contributed by atoms with Crippen molar-refractivity contribution in [3.8, 4) is 5.82 Å². The Balaban J connectivity index is 2.57. The molecule has 0 aliphatic carbocycles. The van der Waals surface area contributed by atoms with Gasteiger partial charge < -0.3 is 0 Å². The van der Waals surface area contributed by atoms with Crippen LogP contribution in [0.2, 0.25) is 0 Å². The minimum absolute atomic E-state index is 0.0891. The van der Waals surface area contributed by atoms with E-state index >= 15 is 0 Å². The Morgan fingerprint density at radius 2 is 2.00 bits per heavy atom. The molecule has 0 aliphatic heterocycles. The van der Waals surface area contributed by atoms with Gasteiger partial charge in [-0.15, -0.1) is 0 Å². The maximum atomic E-state index is 12.9. The molecule has 2 rings (SSSR count). The third kappa shape index (κ3) is 2.23. The predicted octanol–water partition coefficient (Wildman–Crippen LogP) is 3.16. The maximum Gasteiger partial charge on any atom is 0.433 e. The predicted molar refractivity (Wildman–Crippen MR) is 60.5 cm³/mol. The molecule has 2 heterocycles. The highest BCUT2D eigenvalue weighted by atomic mass is 19.4. The van der Waals surface area contributed by atoms with Gasteiger partial charge in [-0.25, -0.2) is 9.67 Å². The minimum atomic E-state index is -4.44. The third-order valence-corrected chi connectivity index (χ3v) is 2.59. The summed E-state index contributed by atoms with van der Waals surface area (Å²) in [6, 6.07) is 4.96. The van der Waals surface area contributed by atoms with Gasteiger partial charge in [0.05, 0.1) is 6.20 Å². The lowest BCUT2D eigenvalue weighted by molar-refractivity contribution is -0.143. The molecule has 0 atom stereocenters. The quantitative estimate of drug-likeness (QED) is 0.825. The molecule has 0 N–H and O–H groups in total. The van der Waals surface area contributed by atoms with Crippen molar-refractivity contribution < 1.29 is 13.2 Å². The third-order valence-electron chi connectivity index (χ3n) is 2.59. The Kier molecular flexibility index (Phi) is 3.11. The monoisotopic (exact) mass is 255 g/mol. The molecule has 0 amide bonds. The van der Waals surface area contributed by atoms with Crippen LogP contribution in [0, 0.1) is 6.92 Å². The number of halogens is 3. The maximum absolute atomic E-state index is 12.9. The highest BCUT2D eigenvalue weighted by molar-refractivity contribution is 5.31. The highest BCUT2D eigenvalue weighted by Gasteiger charge is 2.37. The fourth-order valence-corrected chi connectivity index (χ4v) is 1.73. The standard InChI is InChI=1S/C12H12F3N3/c1-3-9-5-4-6-10(17-9)18-11(12(13,14)15)8(2)7-16-18/h4-7H,3H2,1-2H3. The second kappa shape index (κ2) is 4.44. The SMILES string of the molecule is CCc1cccc(-n2ncc(C)c2C(F)(F)F)n1. The van der Waals surface area contributed by atoms with Gasteiger partial charge in [0, 0.05) is 5.69 Å². The van der Waals surface area contributed by atoms with Crippen molar-refractivity contribution in [2.24, 2.45) is 0 Å². The summed E-state index contributed by atoms with van der Waals surface area (Å²) in [5.74, 6) is 0.190. The van der Waals surface area contributed by atoms with Crippen molar-refractivity contribution in [3.63, 3.8) is 0 Å². The molecular weight excluding hydrogens is 243 g/mol. The van der Waals surface area contributed by atoms with E-state index in [4.69, 9.17) is 0 Å². The lowest BCUT2D eigenvalue weighted by Crippen LogP contribution is -2.15. The number of hydrogen-bond acceptors (Lipinski definition) is 2. The summed E-state index contributed by atoms with van der Waals surface area (Å²) >= 11 is 0. The second-order valence-electron chi connectivity index (χ2n) is 3.93. The molecule has 2 aromatic rings. The first-order chi connectivity index (χ1) is 8.43. The number of alkyl halides is 3. The smallest absolute Gasteiger partial charge is 0.234 e. The van der Waals surface area contributed by atoms with Gasteiger partial charge in [0.2, 0.25) is 0 Å². The summed E-state index contributed by atoms with van der Waals surface area (Å²) in [5, 5.41) is 3.76. The zero-order valence-corrected chi connectivity index (χ0v) is 9.99. The average Bonchev–Trinajstić information content (AvgIpc) is 2.71. The van der Waals surface area contributed by atoms with Crippen LogP contribution in [-0.4, -0.2) is 14.8 Å². The first kappa shape index (κ1) is 12.6. The zero-order valence-electron chi connectivity index (χ0n) is 9.99. The minimum Gasteiger partial charge on any atom is -0.234 e. The van der Waals surface area contributed by atoms with Crippen LogP contribution >= 0.6 is 0 Å². The summed E-state index contributed by atoms with van der Waals surface area (Å²) in [6.45, 7) is 3.28. The molecule has 96 valence electrons. The fourth-order valence-electron chi connectivity index (χ4n) is 1.73. The molecule has 0 bridgehead atoms. The van der Waals surface area contributed by atoms with Gasteiger partial charge in [-0.1, -0.05) is 13.0 Å². The van der Waals surface area contributed by atoms with Gasteiger partial charge in [-0.3, -0.25) is 0 Å². The normalized spacial score (nSPS) is 11.8. The number of aromatic nitrogens is 3. The van der Waals surface area contributed by atoms with Crippen molar-refractivity contribution in [3.05, 3.63) is 41.3 Å². The van der Waals surface area contributed by atoms with Gasteiger partial charge in [-0.05, 0) is 31.0 Å². The molecule has 3 nitrogen and oxygen atoms in total. The first-order valence-corrected chi connectivity index (χ1v) is 5.51. The van der Waals surface area contributed by atoms with E-state index < -0.39 is 11.9 Å². The number of aryl methyl sites for hydroxylation is 2. The van der Waals surface area contributed by atoms with E-state index in [1.165, 1.54) is 19.2 Å². The lowest BCUT2D eigenvalue weighted by atomic mass is 10.2. The molecule has 0 spiro atoms. The van der Waals surface area contributed by atoms with E-state index in [-0.39, 0.29) is 11.4 Å². The Hall–Kier alpha value is -1.85. The van der Waals surface area contributed by atoms with Gasteiger partial charge in [0.25, 0.3) is 0 Å². The zero-order chi connectivity index (χ0) is 13.3. The molecule has 2 aromatic heterocycles. The number of hydrogen-bond donors (Lipinski definition) is 0. The molecule has 0 unspecified atom stereocenters. The summed E-state index contributed by atoms with van der Waals surface area (Å²) < 4.78 is 39.6. The largest absolute Gasteiger partial charge is 0.433 e. The van der Waals surface area contributed by atoms with Crippen molar-refractivity contribution in [1.29, 1.82) is 0 Å². The Labute approximate surface area is 102 Å². The van der Waals surface area contributed by atoms with E-state index in [0.717, 1.165) is 10.4 Å². The van der Waals surface area contributed by atoms with E-state index in [0.29, 0.717) is 6.42 Å². The van der Waals surface area contributed by atoms with Crippen LogP contribution in [0.5, 0.6) is 0 Å². The van der Waals surface area contributed by atoms with E-state index in [1.54, 1.807) is 12.1 Å². The van der Waals surface area contributed by atoms with E-state index in [9.17, 15) is 13.2 Å². The van der Waals surface area contributed by atoms with Gasteiger partial charge in [0.15, 0.2) is 11.5 Å². The first-order valence-electron chi connectivity index (χ1n) is 5.51. The Morgan fingerprint density at radius 1 is 1.28 bits per heavy atom. The average molecular weight is 255 g/mol. The molecule has 0 fully saturated rings. The number of rotatable bonds is 2. The van der Waals surface area contributed by atoms with Crippen LogP contribution in [0.3, 0.4) is 0 Å². The lowest BCUT2D eigenvalue weighted by Gasteiger charge is -2.11. The summed E-state index contributed by atoms with van der Waals surface area (Å²) in [7, 11) is 0. The fraction of sp³-hybridized carbons (Fsp3) is 0.333.